The Morgan fingerprint density at radius 3 is 2.90 bits per heavy atom. The number of nitrogens with zero attached hydrogens (tertiary/aromatic N) is 5. The van der Waals surface area contributed by atoms with Crippen LogP contribution < -0.4 is 10.1 Å². The zero-order valence-electron chi connectivity index (χ0n) is 16.9. The molecule has 10 heteroatoms. The molecule has 3 aromatic heterocycles. The predicted molar refractivity (Wildman–Crippen MR) is 116 cm³/mol. The topological polar surface area (TPSA) is 77.2 Å². The molecular formula is C21H20F2N6OS. The molecule has 1 atom stereocenters. The Kier molecular flexibility index (Phi) is 6.26. The molecule has 0 amide bonds. The molecule has 0 bridgehead atoms. The molecule has 0 spiro atoms. The maximum atomic E-state index is 14.2. The molecule has 31 heavy (non-hydrogen) atoms. The summed E-state index contributed by atoms with van der Waals surface area (Å²) >= 11 is 1.65. The van der Waals surface area contributed by atoms with Crippen molar-refractivity contribution in [3.63, 3.8) is 0 Å². The Hall–Kier alpha value is -3.27. The highest BCUT2D eigenvalue weighted by Gasteiger charge is 2.16. The minimum Gasteiger partial charge on any atom is -0.463 e. The fraction of sp³-hybridized carbons (Fsp3) is 0.238. The van der Waals surface area contributed by atoms with Crippen LogP contribution in [0.5, 0.6) is 6.01 Å². The van der Waals surface area contributed by atoms with Crippen LogP contribution in [0.1, 0.15) is 18.5 Å². The van der Waals surface area contributed by atoms with Crippen LogP contribution in [0.15, 0.2) is 48.9 Å². The second-order valence-electron chi connectivity index (χ2n) is 6.74. The van der Waals surface area contributed by atoms with Crippen LogP contribution >= 0.6 is 11.8 Å². The van der Waals surface area contributed by atoms with E-state index >= 15 is 0 Å². The Labute approximate surface area is 181 Å². The van der Waals surface area contributed by atoms with Crippen molar-refractivity contribution in [1.29, 1.82) is 0 Å². The first-order valence-electron chi connectivity index (χ1n) is 9.56. The van der Waals surface area contributed by atoms with Crippen molar-refractivity contribution in [1.82, 2.24) is 24.6 Å². The van der Waals surface area contributed by atoms with E-state index in [2.05, 4.69) is 25.4 Å². The van der Waals surface area contributed by atoms with Gasteiger partial charge in [0.15, 0.2) is 5.65 Å². The Morgan fingerprint density at radius 2 is 2.10 bits per heavy atom. The third-order valence-corrected chi connectivity index (χ3v) is 5.15. The summed E-state index contributed by atoms with van der Waals surface area (Å²) in [4.78, 5) is 13.3. The summed E-state index contributed by atoms with van der Waals surface area (Å²) in [6, 6.07) is 6.73. The zero-order valence-corrected chi connectivity index (χ0v) is 17.7. The van der Waals surface area contributed by atoms with Crippen LogP contribution in [0.2, 0.25) is 0 Å². The van der Waals surface area contributed by atoms with E-state index in [0.717, 1.165) is 11.8 Å². The zero-order chi connectivity index (χ0) is 21.8. The number of benzene rings is 1. The normalized spacial score (nSPS) is 12.1. The predicted octanol–water partition coefficient (Wildman–Crippen LogP) is 4.38. The van der Waals surface area contributed by atoms with Crippen molar-refractivity contribution in [2.24, 2.45) is 0 Å². The maximum absolute atomic E-state index is 14.2. The van der Waals surface area contributed by atoms with Gasteiger partial charge in [0.25, 0.3) is 0 Å². The van der Waals surface area contributed by atoms with Crippen molar-refractivity contribution in [3.05, 3.63) is 66.1 Å². The molecule has 0 aliphatic carbocycles. The molecule has 4 rings (SSSR count). The molecule has 0 aliphatic rings. The molecule has 7 nitrogen and oxygen atoms in total. The highest BCUT2D eigenvalue weighted by atomic mass is 32.2. The van der Waals surface area contributed by atoms with Gasteiger partial charge in [-0.1, -0.05) is 6.07 Å². The molecule has 0 aliphatic heterocycles. The van der Waals surface area contributed by atoms with E-state index in [-0.39, 0.29) is 6.01 Å². The second kappa shape index (κ2) is 9.25. The third-order valence-electron chi connectivity index (χ3n) is 4.57. The molecule has 0 radical (unpaired) electrons. The van der Waals surface area contributed by atoms with Gasteiger partial charge in [-0.3, -0.25) is 0 Å². The van der Waals surface area contributed by atoms with Crippen molar-refractivity contribution >= 4 is 23.2 Å². The van der Waals surface area contributed by atoms with Crippen molar-refractivity contribution in [2.75, 3.05) is 23.9 Å². The standard InChI is InChI=1S/C21H20F2N6OS/c1-13(15-5-4-14(22)10-17(15)23)26-19-11-18(27-21(28-19)30-8-9-31-2)16-12-25-29-7-3-6-24-20(16)29/h3-7,10-13H,8-9H2,1-2H3,(H,26,27,28)/t13-/m0/s1. The van der Waals surface area contributed by atoms with Crippen LogP contribution in [-0.2, 0) is 0 Å². The minimum atomic E-state index is -0.627. The molecular weight excluding hydrogens is 422 g/mol. The molecule has 0 saturated carbocycles. The summed E-state index contributed by atoms with van der Waals surface area (Å²) in [5.41, 5.74) is 2.24. The second-order valence-corrected chi connectivity index (χ2v) is 7.73. The monoisotopic (exact) mass is 442 g/mol. The van der Waals surface area contributed by atoms with Crippen LogP contribution in [0.4, 0.5) is 14.6 Å². The number of thioether (sulfide) groups is 1. The van der Waals surface area contributed by atoms with Gasteiger partial charge in [-0.2, -0.15) is 26.8 Å². The van der Waals surface area contributed by atoms with E-state index in [1.54, 1.807) is 53.9 Å². The van der Waals surface area contributed by atoms with E-state index in [9.17, 15) is 8.78 Å². The summed E-state index contributed by atoms with van der Waals surface area (Å²) in [7, 11) is 0. The van der Waals surface area contributed by atoms with Gasteiger partial charge < -0.3 is 10.1 Å². The Bertz CT molecular complexity index is 1200. The molecule has 1 N–H and O–H groups in total. The molecule has 0 fully saturated rings. The molecule has 4 aromatic rings. The average Bonchev–Trinajstić information content (AvgIpc) is 3.18. The van der Waals surface area contributed by atoms with E-state index in [1.165, 1.54) is 12.1 Å². The lowest BCUT2D eigenvalue weighted by Gasteiger charge is -2.17. The summed E-state index contributed by atoms with van der Waals surface area (Å²) < 4.78 is 34.8. The van der Waals surface area contributed by atoms with E-state index in [4.69, 9.17) is 4.74 Å². The number of fused-ring (bicyclic) bond motifs is 1. The molecule has 0 unspecified atom stereocenters. The van der Waals surface area contributed by atoms with E-state index < -0.39 is 17.7 Å². The highest BCUT2D eigenvalue weighted by molar-refractivity contribution is 7.98. The molecule has 0 saturated heterocycles. The van der Waals surface area contributed by atoms with Crippen LogP contribution in [0.25, 0.3) is 16.9 Å². The summed E-state index contributed by atoms with van der Waals surface area (Å²) in [6.07, 6.45) is 7.12. The first-order chi connectivity index (χ1) is 15.0. The SMILES string of the molecule is CSCCOc1nc(N[C@@H](C)c2ccc(F)cc2F)cc(-c2cnn3cccnc23)n1. The Balaban J connectivity index is 1.69. The number of aromatic nitrogens is 5. The molecule has 1 aromatic carbocycles. The first kappa shape index (κ1) is 21.0. The first-order valence-corrected chi connectivity index (χ1v) is 11.0. The van der Waals surface area contributed by atoms with Gasteiger partial charge in [0.2, 0.25) is 0 Å². The number of anilines is 1. The number of rotatable bonds is 8. The largest absolute Gasteiger partial charge is 0.463 e. The van der Waals surface area contributed by atoms with Gasteiger partial charge in [-0.25, -0.2) is 18.3 Å². The number of nitrogens with one attached hydrogen (secondary N) is 1. The quantitative estimate of drug-likeness (QED) is 0.406. The van der Waals surface area contributed by atoms with Crippen molar-refractivity contribution < 1.29 is 13.5 Å². The van der Waals surface area contributed by atoms with Crippen molar-refractivity contribution in [2.45, 2.75) is 13.0 Å². The van der Waals surface area contributed by atoms with Gasteiger partial charge in [0.05, 0.1) is 23.5 Å². The molecule has 160 valence electrons. The van der Waals surface area contributed by atoms with E-state index in [0.29, 0.717) is 34.9 Å². The average molecular weight is 442 g/mol. The van der Waals surface area contributed by atoms with Gasteiger partial charge in [-0.05, 0) is 25.3 Å². The van der Waals surface area contributed by atoms with Crippen molar-refractivity contribution in [3.8, 4) is 17.3 Å². The van der Waals surface area contributed by atoms with E-state index in [1.807, 2.05) is 6.26 Å². The highest BCUT2D eigenvalue weighted by Crippen LogP contribution is 2.28. The number of hydrogen-bond acceptors (Lipinski definition) is 7. The van der Waals surface area contributed by atoms with Gasteiger partial charge in [0.1, 0.15) is 24.1 Å². The number of halogens is 2. The molecule has 3 heterocycles. The smallest absolute Gasteiger partial charge is 0.318 e. The fourth-order valence-electron chi connectivity index (χ4n) is 3.08. The fourth-order valence-corrected chi connectivity index (χ4v) is 3.33. The summed E-state index contributed by atoms with van der Waals surface area (Å²) in [6.45, 7) is 2.21. The van der Waals surface area contributed by atoms with Gasteiger partial charge >= 0.3 is 6.01 Å². The van der Waals surface area contributed by atoms with Crippen LogP contribution in [0.3, 0.4) is 0 Å². The minimum absolute atomic E-state index is 0.191. The lowest BCUT2D eigenvalue weighted by Crippen LogP contribution is -2.12. The van der Waals surface area contributed by atoms with Gasteiger partial charge in [-0.15, -0.1) is 0 Å². The Morgan fingerprint density at radius 1 is 1.23 bits per heavy atom. The maximum Gasteiger partial charge on any atom is 0.318 e. The van der Waals surface area contributed by atoms with Crippen LogP contribution in [0, 0.1) is 11.6 Å². The van der Waals surface area contributed by atoms with Crippen LogP contribution in [-0.4, -0.2) is 43.2 Å². The lowest BCUT2D eigenvalue weighted by molar-refractivity contribution is 0.317. The summed E-state index contributed by atoms with van der Waals surface area (Å²) in [5, 5.41) is 7.46. The number of ether oxygens (including phenoxy) is 1. The number of hydrogen-bond donors (Lipinski definition) is 1. The van der Waals surface area contributed by atoms with Gasteiger partial charge in [0, 0.05) is 35.8 Å². The lowest BCUT2D eigenvalue weighted by atomic mass is 10.1. The summed E-state index contributed by atoms with van der Waals surface area (Å²) in [5.74, 6) is -0.0257. The third kappa shape index (κ3) is 4.74.